The predicted molar refractivity (Wildman–Crippen MR) is 133 cm³/mol. The van der Waals surface area contributed by atoms with Crippen LogP contribution >= 0.6 is 39.1 Å². The highest BCUT2D eigenvalue weighted by Gasteiger charge is 2.53. The van der Waals surface area contributed by atoms with Crippen LogP contribution in [0.1, 0.15) is 48.0 Å². The van der Waals surface area contributed by atoms with Gasteiger partial charge in [0, 0.05) is 30.2 Å². The first-order valence-corrected chi connectivity index (χ1v) is 12.4. The van der Waals surface area contributed by atoms with Gasteiger partial charge in [0.2, 0.25) is 0 Å². The van der Waals surface area contributed by atoms with E-state index < -0.39 is 23.3 Å². The summed E-state index contributed by atoms with van der Waals surface area (Å²) in [7, 11) is 0. The third-order valence-electron chi connectivity index (χ3n) is 6.39. The molecule has 2 aliphatic carbocycles. The molecule has 10 heteroatoms. The van der Waals surface area contributed by atoms with E-state index in [0.29, 0.717) is 15.9 Å². The van der Waals surface area contributed by atoms with Crippen LogP contribution in [0.2, 0.25) is 10.0 Å². The van der Waals surface area contributed by atoms with E-state index in [4.69, 9.17) is 23.2 Å². The number of amides is 1. The number of aromatic nitrogens is 1. The van der Waals surface area contributed by atoms with Gasteiger partial charge < -0.3 is 15.7 Å². The van der Waals surface area contributed by atoms with Crippen LogP contribution in [0.5, 0.6) is 0 Å². The predicted octanol–water partition coefficient (Wildman–Crippen LogP) is 5.37. The number of hydrogen-bond donors (Lipinski definition) is 3. The van der Waals surface area contributed by atoms with Gasteiger partial charge >= 0.3 is 5.97 Å². The molecule has 1 saturated carbocycles. The Hall–Kier alpha value is -2.42. The number of aliphatic carboxylic acids is 1. The number of halogens is 3. The van der Waals surface area contributed by atoms with Crippen molar-refractivity contribution in [3.63, 3.8) is 0 Å². The van der Waals surface area contributed by atoms with Crippen molar-refractivity contribution < 1.29 is 19.5 Å². The van der Waals surface area contributed by atoms with E-state index in [1.165, 1.54) is 12.4 Å². The average Bonchev–Trinajstić information content (AvgIpc) is 2.82. The number of carboxylic acids is 1. The Balaban J connectivity index is 1.45. The van der Waals surface area contributed by atoms with Crippen molar-refractivity contribution >= 4 is 62.5 Å². The minimum Gasteiger partial charge on any atom is -0.480 e. The Kier molecular flexibility index (Phi) is 7.31. The zero-order valence-corrected chi connectivity index (χ0v) is 21.1. The van der Waals surface area contributed by atoms with Gasteiger partial charge in [0.05, 0.1) is 25.5 Å². The van der Waals surface area contributed by atoms with Crippen molar-refractivity contribution in [2.75, 3.05) is 5.32 Å². The lowest BCUT2D eigenvalue weighted by molar-refractivity contribution is -0.140. The smallest absolute Gasteiger partial charge is 0.326 e. The highest BCUT2D eigenvalue weighted by molar-refractivity contribution is 9.12. The van der Waals surface area contributed by atoms with E-state index in [1.807, 2.05) is 0 Å². The summed E-state index contributed by atoms with van der Waals surface area (Å²) in [5.74, 6) is -1.41. The van der Waals surface area contributed by atoms with Crippen LogP contribution in [0.4, 0.5) is 5.69 Å². The zero-order chi connectivity index (χ0) is 24.5. The molecule has 3 N–H and O–H groups in total. The summed E-state index contributed by atoms with van der Waals surface area (Å²) in [6, 6.07) is 5.95. The molecule has 1 heterocycles. The van der Waals surface area contributed by atoms with Crippen LogP contribution in [0.3, 0.4) is 0 Å². The SMILES string of the molecule is O=C(Nc1ccc(C[C@H](NC2=C(Br)C(=O)C23CCCCC3)C(=O)O)cc1)c1c(Cl)cncc1Cl. The van der Waals surface area contributed by atoms with Crippen molar-refractivity contribution in [3.05, 3.63) is 68.0 Å². The van der Waals surface area contributed by atoms with E-state index in [-0.39, 0.29) is 27.8 Å². The second-order valence-corrected chi connectivity index (χ2v) is 10.1. The maximum absolute atomic E-state index is 12.6. The number of Topliss-reactive ketones (excluding diaryl/α,β-unsaturated/α-hetero) is 1. The number of allylic oxidation sites excluding steroid dienone is 2. The minimum atomic E-state index is -1.00. The number of anilines is 1. The molecule has 0 unspecified atom stereocenters. The molecule has 1 atom stereocenters. The monoisotopic (exact) mass is 565 g/mol. The number of benzene rings is 1. The summed E-state index contributed by atoms with van der Waals surface area (Å²) in [4.78, 5) is 41.0. The van der Waals surface area contributed by atoms with E-state index in [1.54, 1.807) is 24.3 Å². The van der Waals surface area contributed by atoms with Crippen LogP contribution in [-0.2, 0) is 16.0 Å². The van der Waals surface area contributed by atoms with E-state index in [9.17, 15) is 19.5 Å². The van der Waals surface area contributed by atoms with Crippen LogP contribution in [0.15, 0.2) is 46.8 Å². The van der Waals surface area contributed by atoms with E-state index in [2.05, 4.69) is 31.5 Å². The van der Waals surface area contributed by atoms with E-state index in [0.717, 1.165) is 37.7 Å². The fourth-order valence-electron chi connectivity index (χ4n) is 4.57. The molecule has 178 valence electrons. The number of carboxylic acid groups (broad SMARTS) is 1. The molecule has 1 aromatic heterocycles. The van der Waals surface area contributed by atoms with E-state index >= 15 is 0 Å². The molecule has 1 spiro atoms. The number of pyridine rings is 1. The molecule has 34 heavy (non-hydrogen) atoms. The lowest BCUT2D eigenvalue weighted by Gasteiger charge is -2.46. The largest absolute Gasteiger partial charge is 0.480 e. The fraction of sp³-hybridized carbons (Fsp3) is 0.333. The Morgan fingerprint density at radius 1 is 1.09 bits per heavy atom. The normalized spacial score (nSPS) is 17.8. The second kappa shape index (κ2) is 10.1. The maximum Gasteiger partial charge on any atom is 0.326 e. The fourth-order valence-corrected chi connectivity index (χ4v) is 5.98. The van der Waals surface area contributed by atoms with Crippen LogP contribution in [0.25, 0.3) is 0 Å². The minimum absolute atomic E-state index is 0.0633. The Labute approximate surface area is 215 Å². The molecular weight excluding hydrogens is 545 g/mol. The summed E-state index contributed by atoms with van der Waals surface area (Å²) >= 11 is 15.4. The zero-order valence-electron chi connectivity index (χ0n) is 18.0. The van der Waals surface area contributed by atoms with Crippen molar-refractivity contribution in [1.82, 2.24) is 10.3 Å². The Morgan fingerprint density at radius 2 is 1.71 bits per heavy atom. The molecule has 0 radical (unpaired) electrons. The molecular formula is C24H22BrCl2N3O4. The van der Waals surface area contributed by atoms with Crippen molar-refractivity contribution in [2.24, 2.45) is 5.41 Å². The summed E-state index contributed by atoms with van der Waals surface area (Å²) < 4.78 is 0.451. The van der Waals surface area contributed by atoms with Crippen LogP contribution < -0.4 is 10.6 Å². The second-order valence-electron chi connectivity index (χ2n) is 8.53. The third-order valence-corrected chi connectivity index (χ3v) is 7.72. The van der Waals surface area contributed by atoms with Crippen molar-refractivity contribution in [2.45, 2.75) is 44.6 Å². The van der Waals surface area contributed by atoms with Gasteiger partial charge in [-0.1, -0.05) is 54.6 Å². The quantitative estimate of drug-likeness (QED) is 0.416. The maximum atomic E-state index is 12.6. The van der Waals surface area contributed by atoms with Crippen LogP contribution in [0, 0.1) is 5.41 Å². The highest BCUT2D eigenvalue weighted by Crippen LogP contribution is 2.53. The molecule has 4 rings (SSSR count). The van der Waals surface area contributed by atoms with Crippen molar-refractivity contribution in [1.29, 1.82) is 0 Å². The number of ketones is 1. The summed E-state index contributed by atoms with van der Waals surface area (Å²) in [6.45, 7) is 0. The Morgan fingerprint density at radius 3 is 2.29 bits per heavy atom. The molecule has 7 nitrogen and oxygen atoms in total. The first-order valence-electron chi connectivity index (χ1n) is 10.9. The van der Waals surface area contributed by atoms with Gasteiger partial charge in [-0.05, 0) is 46.5 Å². The average molecular weight is 567 g/mol. The van der Waals surface area contributed by atoms with Gasteiger partial charge in [0.25, 0.3) is 5.91 Å². The summed E-state index contributed by atoms with van der Waals surface area (Å²) in [6.07, 6.45) is 7.38. The van der Waals surface area contributed by atoms with Gasteiger partial charge in [0.15, 0.2) is 5.78 Å². The molecule has 1 amide bonds. The molecule has 2 aliphatic rings. The number of nitrogens with one attached hydrogen (secondary N) is 2. The Bertz CT molecular complexity index is 1160. The third kappa shape index (κ3) is 4.72. The standard InChI is InChI=1S/C24H22BrCl2N3O4/c25-19-20(24(21(19)31)8-2-1-3-9-24)30-17(23(33)34)10-13-4-6-14(7-5-13)29-22(32)18-15(26)11-28-12-16(18)27/h4-7,11-12,17,30H,1-3,8-10H2,(H,29,32)(H,33,34)/t17-/m0/s1. The highest BCUT2D eigenvalue weighted by atomic mass is 79.9. The lowest BCUT2D eigenvalue weighted by atomic mass is 9.62. The van der Waals surface area contributed by atoms with Gasteiger partial charge in [-0.2, -0.15) is 0 Å². The molecule has 0 saturated heterocycles. The first-order chi connectivity index (χ1) is 16.2. The van der Waals surface area contributed by atoms with Crippen LogP contribution in [-0.4, -0.2) is 33.8 Å². The summed E-state index contributed by atoms with van der Waals surface area (Å²) in [5, 5.41) is 16.0. The molecule has 2 aromatic rings. The number of nitrogens with zero attached hydrogens (tertiary/aromatic N) is 1. The number of rotatable bonds is 7. The van der Waals surface area contributed by atoms with Gasteiger partial charge in [-0.15, -0.1) is 0 Å². The lowest BCUT2D eigenvalue weighted by Crippen LogP contribution is -2.53. The van der Waals surface area contributed by atoms with Crippen molar-refractivity contribution in [3.8, 4) is 0 Å². The molecule has 1 fully saturated rings. The molecule has 0 bridgehead atoms. The van der Waals surface area contributed by atoms with Gasteiger partial charge in [-0.25, -0.2) is 4.79 Å². The van der Waals surface area contributed by atoms with Gasteiger partial charge in [0.1, 0.15) is 6.04 Å². The first kappa shape index (κ1) is 24.7. The number of hydrogen-bond acceptors (Lipinski definition) is 5. The number of carbonyl (C=O) groups excluding carboxylic acids is 2. The van der Waals surface area contributed by atoms with Gasteiger partial charge in [-0.3, -0.25) is 14.6 Å². The number of carbonyl (C=O) groups is 3. The molecule has 0 aliphatic heterocycles. The topological polar surface area (TPSA) is 108 Å². The summed E-state index contributed by atoms with van der Waals surface area (Å²) in [5.41, 5.74) is 1.53. The molecule has 1 aromatic carbocycles.